The molecular formula is C15H14ClFN2O. The summed E-state index contributed by atoms with van der Waals surface area (Å²) in [6.45, 7) is 1.78. The molecule has 20 heavy (non-hydrogen) atoms. The van der Waals surface area contributed by atoms with Crippen molar-refractivity contribution in [1.29, 1.82) is 0 Å². The molecule has 0 aliphatic rings. The van der Waals surface area contributed by atoms with E-state index in [9.17, 15) is 9.18 Å². The van der Waals surface area contributed by atoms with E-state index in [2.05, 4.69) is 5.32 Å². The molecule has 2 aromatic carbocycles. The number of nitrogens with two attached hydrogens (primary N) is 1. The molecule has 0 fully saturated rings. The number of nitrogens with one attached hydrogen (secondary N) is 1. The molecule has 0 aliphatic carbocycles. The molecule has 1 atom stereocenters. The van der Waals surface area contributed by atoms with Crippen molar-refractivity contribution in [3.63, 3.8) is 0 Å². The Bertz CT molecular complexity index is 625. The molecule has 0 heterocycles. The molecule has 2 rings (SSSR count). The summed E-state index contributed by atoms with van der Waals surface area (Å²) in [7, 11) is 0. The SMILES string of the molecule is C[C@@H](NC(=O)c1cc(N)cc(Cl)c1)c1cccc(F)c1. The minimum Gasteiger partial charge on any atom is -0.399 e. The third-order valence-electron chi connectivity index (χ3n) is 2.88. The van der Waals surface area contributed by atoms with Gasteiger partial charge in [0.2, 0.25) is 0 Å². The highest BCUT2D eigenvalue weighted by Crippen LogP contribution is 2.18. The second-order valence-corrected chi connectivity index (χ2v) is 4.96. The predicted octanol–water partition coefficient (Wildman–Crippen LogP) is 3.55. The smallest absolute Gasteiger partial charge is 0.251 e. The highest BCUT2D eigenvalue weighted by molar-refractivity contribution is 6.31. The standard InChI is InChI=1S/C15H14ClFN2O/c1-9(10-3-2-4-13(17)6-10)19-15(20)11-5-12(16)8-14(18)7-11/h2-9H,18H2,1H3,(H,19,20)/t9-/m1/s1. The van der Waals surface area contributed by atoms with Crippen LogP contribution in [0.2, 0.25) is 5.02 Å². The van der Waals surface area contributed by atoms with Gasteiger partial charge in [-0.2, -0.15) is 0 Å². The maximum Gasteiger partial charge on any atom is 0.251 e. The van der Waals surface area contributed by atoms with Gasteiger partial charge in [0.15, 0.2) is 0 Å². The maximum absolute atomic E-state index is 13.1. The van der Waals surface area contributed by atoms with Crippen LogP contribution in [0.25, 0.3) is 0 Å². The Hall–Kier alpha value is -2.07. The van der Waals surface area contributed by atoms with Gasteiger partial charge in [-0.3, -0.25) is 4.79 Å². The van der Waals surface area contributed by atoms with Crippen molar-refractivity contribution >= 4 is 23.2 Å². The average Bonchev–Trinajstić information content (AvgIpc) is 2.37. The molecule has 0 saturated carbocycles. The zero-order valence-electron chi connectivity index (χ0n) is 10.9. The van der Waals surface area contributed by atoms with E-state index in [1.54, 1.807) is 31.2 Å². The molecule has 2 aromatic rings. The number of halogens is 2. The van der Waals surface area contributed by atoms with E-state index in [1.165, 1.54) is 18.2 Å². The third-order valence-corrected chi connectivity index (χ3v) is 3.10. The van der Waals surface area contributed by atoms with E-state index in [4.69, 9.17) is 17.3 Å². The first-order valence-electron chi connectivity index (χ1n) is 6.08. The molecule has 0 radical (unpaired) electrons. The van der Waals surface area contributed by atoms with Gasteiger partial charge >= 0.3 is 0 Å². The number of carbonyl (C=O) groups is 1. The Morgan fingerprint density at radius 3 is 2.70 bits per heavy atom. The molecular weight excluding hydrogens is 279 g/mol. The number of anilines is 1. The van der Waals surface area contributed by atoms with E-state index < -0.39 is 0 Å². The fourth-order valence-electron chi connectivity index (χ4n) is 1.88. The molecule has 0 spiro atoms. The van der Waals surface area contributed by atoms with Gasteiger partial charge in [-0.15, -0.1) is 0 Å². The van der Waals surface area contributed by atoms with Gasteiger partial charge in [-0.25, -0.2) is 4.39 Å². The van der Waals surface area contributed by atoms with Crippen LogP contribution in [0.5, 0.6) is 0 Å². The van der Waals surface area contributed by atoms with Crippen LogP contribution in [0.15, 0.2) is 42.5 Å². The predicted molar refractivity (Wildman–Crippen MR) is 78.1 cm³/mol. The first-order chi connectivity index (χ1) is 9.45. The Labute approximate surface area is 121 Å². The maximum atomic E-state index is 13.1. The van der Waals surface area contributed by atoms with Crippen LogP contribution in [0, 0.1) is 5.82 Å². The van der Waals surface area contributed by atoms with Crippen LogP contribution < -0.4 is 11.1 Å². The third kappa shape index (κ3) is 3.48. The molecule has 1 amide bonds. The second-order valence-electron chi connectivity index (χ2n) is 4.52. The zero-order chi connectivity index (χ0) is 14.7. The van der Waals surface area contributed by atoms with Crippen LogP contribution in [0.3, 0.4) is 0 Å². The number of hydrogen-bond acceptors (Lipinski definition) is 2. The molecule has 3 nitrogen and oxygen atoms in total. The first-order valence-corrected chi connectivity index (χ1v) is 6.46. The van der Waals surface area contributed by atoms with Gasteiger partial charge in [0.25, 0.3) is 5.91 Å². The quantitative estimate of drug-likeness (QED) is 0.850. The monoisotopic (exact) mass is 292 g/mol. The lowest BCUT2D eigenvalue weighted by molar-refractivity contribution is 0.0940. The molecule has 104 valence electrons. The van der Waals surface area contributed by atoms with Crippen LogP contribution in [-0.4, -0.2) is 5.91 Å². The normalized spacial score (nSPS) is 11.9. The summed E-state index contributed by atoms with van der Waals surface area (Å²) in [6.07, 6.45) is 0. The molecule has 0 unspecified atom stereocenters. The summed E-state index contributed by atoms with van der Waals surface area (Å²) < 4.78 is 13.1. The molecule has 0 aliphatic heterocycles. The van der Waals surface area contributed by atoms with E-state index in [-0.39, 0.29) is 17.8 Å². The molecule has 0 aromatic heterocycles. The lowest BCUT2D eigenvalue weighted by Crippen LogP contribution is -2.26. The fraction of sp³-hybridized carbons (Fsp3) is 0.133. The fourth-order valence-corrected chi connectivity index (χ4v) is 2.13. The van der Waals surface area contributed by atoms with Crippen molar-refractivity contribution < 1.29 is 9.18 Å². The van der Waals surface area contributed by atoms with E-state index >= 15 is 0 Å². The highest BCUT2D eigenvalue weighted by atomic mass is 35.5. The second kappa shape index (κ2) is 5.92. The zero-order valence-corrected chi connectivity index (χ0v) is 11.6. The van der Waals surface area contributed by atoms with Gasteiger partial charge in [-0.1, -0.05) is 23.7 Å². The minimum absolute atomic E-state index is 0.309. The molecule has 0 bridgehead atoms. The van der Waals surface area contributed by atoms with E-state index in [0.29, 0.717) is 21.8 Å². The van der Waals surface area contributed by atoms with Gasteiger partial charge in [-0.05, 0) is 42.8 Å². The topological polar surface area (TPSA) is 55.1 Å². The van der Waals surface area contributed by atoms with Crippen molar-refractivity contribution in [2.45, 2.75) is 13.0 Å². The van der Waals surface area contributed by atoms with Gasteiger partial charge < -0.3 is 11.1 Å². The number of rotatable bonds is 3. The number of carbonyl (C=O) groups excluding carboxylic acids is 1. The summed E-state index contributed by atoms with van der Waals surface area (Å²) in [4.78, 5) is 12.1. The van der Waals surface area contributed by atoms with E-state index in [0.717, 1.165) is 0 Å². The van der Waals surface area contributed by atoms with Crippen LogP contribution in [0.1, 0.15) is 28.9 Å². The Kier molecular flexibility index (Phi) is 4.25. The van der Waals surface area contributed by atoms with E-state index in [1.807, 2.05) is 0 Å². The van der Waals surface area contributed by atoms with Gasteiger partial charge in [0, 0.05) is 16.3 Å². The van der Waals surface area contributed by atoms with Crippen molar-refractivity contribution in [2.75, 3.05) is 5.73 Å². The van der Waals surface area contributed by atoms with Crippen molar-refractivity contribution in [3.05, 3.63) is 64.4 Å². The largest absolute Gasteiger partial charge is 0.399 e. The summed E-state index contributed by atoms with van der Waals surface area (Å²) in [5, 5.41) is 3.17. The van der Waals surface area contributed by atoms with Crippen molar-refractivity contribution in [1.82, 2.24) is 5.32 Å². The Morgan fingerprint density at radius 1 is 1.30 bits per heavy atom. The number of hydrogen-bond donors (Lipinski definition) is 2. The lowest BCUT2D eigenvalue weighted by atomic mass is 10.1. The van der Waals surface area contributed by atoms with Gasteiger partial charge in [0.05, 0.1) is 6.04 Å². The summed E-state index contributed by atoms with van der Waals surface area (Å²) in [6, 6.07) is 10.4. The first kappa shape index (κ1) is 14.3. The number of nitrogen functional groups attached to an aromatic ring is 1. The average molecular weight is 293 g/mol. The van der Waals surface area contributed by atoms with Crippen LogP contribution in [-0.2, 0) is 0 Å². The summed E-state index contributed by atoms with van der Waals surface area (Å²) in [5.41, 5.74) is 7.12. The molecule has 3 N–H and O–H groups in total. The number of benzene rings is 2. The number of amides is 1. The summed E-state index contributed by atoms with van der Waals surface area (Å²) >= 11 is 5.86. The Balaban J connectivity index is 2.15. The minimum atomic E-state index is -0.337. The Morgan fingerprint density at radius 2 is 2.05 bits per heavy atom. The molecule has 0 saturated heterocycles. The summed E-state index contributed by atoms with van der Waals surface area (Å²) in [5.74, 6) is -0.647. The highest BCUT2D eigenvalue weighted by Gasteiger charge is 2.13. The van der Waals surface area contributed by atoms with Crippen molar-refractivity contribution in [3.8, 4) is 0 Å². The van der Waals surface area contributed by atoms with Crippen LogP contribution >= 0.6 is 11.6 Å². The van der Waals surface area contributed by atoms with Crippen molar-refractivity contribution in [2.24, 2.45) is 0 Å². The lowest BCUT2D eigenvalue weighted by Gasteiger charge is -2.15. The van der Waals surface area contributed by atoms with Gasteiger partial charge in [0.1, 0.15) is 5.82 Å². The van der Waals surface area contributed by atoms with Crippen LogP contribution in [0.4, 0.5) is 10.1 Å². The molecule has 5 heteroatoms.